The highest BCUT2D eigenvalue weighted by molar-refractivity contribution is 7.92. The fourth-order valence-corrected chi connectivity index (χ4v) is 3.02. The molecule has 0 fully saturated rings. The van der Waals surface area contributed by atoms with Crippen LogP contribution < -0.4 is 0 Å². The number of hydrogen-bond acceptors (Lipinski definition) is 5. The molecule has 0 aliphatic carbocycles. The van der Waals surface area contributed by atoms with Crippen LogP contribution in [0.1, 0.15) is 10.4 Å². The Kier molecular flexibility index (Phi) is 4.13. The number of nitro groups is 1. The lowest BCUT2D eigenvalue weighted by atomic mass is 10.2. The van der Waals surface area contributed by atoms with Crippen molar-refractivity contribution in [1.82, 2.24) is 0 Å². The van der Waals surface area contributed by atoms with E-state index in [1.54, 1.807) is 18.2 Å². The number of ketones is 1. The van der Waals surface area contributed by atoms with E-state index in [0.717, 1.165) is 6.07 Å². The molecule has 0 saturated carbocycles. The Bertz CT molecular complexity index is 784. The molecule has 21 heavy (non-hydrogen) atoms. The van der Waals surface area contributed by atoms with E-state index in [9.17, 15) is 23.3 Å². The Balaban J connectivity index is 2.29. The van der Waals surface area contributed by atoms with Crippen molar-refractivity contribution in [2.75, 3.05) is 5.75 Å². The van der Waals surface area contributed by atoms with Crippen LogP contribution in [0.3, 0.4) is 0 Å². The molecule has 0 bridgehead atoms. The number of sulfone groups is 1. The van der Waals surface area contributed by atoms with Gasteiger partial charge in [-0.1, -0.05) is 36.4 Å². The summed E-state index contributed by atoms with van der Waals surface area (Å²) in [7, 11) is -3.92. The molecular weight excluding hydrogens is 294 g/mol. The number of nitrogens with zero attached hydrogens (tertiary/aromatic N) is 1. The smallest absolute Gasteiger partial charge is 0.270 e. The van der Waals surface area contributed by atoms with E-state index in [0.29, 0.717) is 0 Å². The molecule has 0 saturated heterocycles. The summed E-state index contributed by atoms with van der Waals surface area (Å²) in [5.41, 5.74) is -0.0465. The van der Waals surface area contributed by atoms with Crippen LogP contribution in [0.2, 0.25) is 0 Å². The van der Waals surface area contributed by atoms with E-state index in [-0.39, 0.29) is 16.1 Å². The maximum absolute atomic E-state index is 12.1. The Hall–Kier alpha value is -2.54. The summed E-state index contributed by atoms with van der Waals surface area (Å²) in [6, 6.07) is 12.7. The molecule has 0 atom stereocenters. The minimum Gasteiger partial charge on any atom is -0.293 e. The predicted octanol–water partition coefficient (Wildman–Crippen LogP) is 2.25. The third-order valence-corrected chi connectivity index (χ3v) is 4.42. The lowest BCUT2D eigenvalue weighted by Gasteiger charge is -2.04. The monoisotopic (exact) mass is 305 g/mol. The molecule has 0 unspecified atom stereocenters. The van der Waals surface area contributed by atoms with E-state index in [1.807, 2.05) is 0 Å². The number of rotatable bonds is 5. The molecule has 0 aliphatic rings. The highest BCUT2D eigenvalue weighted by Gasteiger charge is 2.22. The molecule has 2 aromatic carbocycles. The van der Waals surface area contributed by atoms with Crippen molar-refractivity contribution in [3.63, 3.8) is 0 Å². The minimum absolute atomic E-state index is 0.235. The lowest BCUT2D eigenvalue weighted by molar-refractivity contribution is -0.385. The Morgan fingerprint density at radius 3 is 2.33 bits per heavy atom. The van der Waals surface area contributed by atoms with Gasteiger partial charge in [0.05, 0.1) is 9.82 Å². The second-order valence-electron chi connectivity index (χ2n) is 4.30. The third kappa shape index (κ3) is 3.51. The van der Waals surface area contributed by atoms with Gasteiger partial charge in [-0.25, -0.2) is 8.42 Å². The van der Waals surface area contributed by atoms with Crippen LogP contribution in [0.15, 0.2) is 59.5 Å². The minimum atomic E-state index is -3.92. The molecule has 0 radical (unpaired) electrons. The first-order valence-electron chi connectivity index (χ1n) is 5.95. The maximum atomic E-state index is 12.1. The molecule has 0 aromatic heterocycles. The van der Waals surface area contributed by atoms with Crippen LogP contribution in [-0.2, 0) is 9.84 Å². The SMILES string of the molecule is O=C(CS(=O)(=O)c1cccc([N+](=O)[O-])c1)c1ccccc1. The number of carbonyl (C=O) groups is 1. The lowest BCUT2D eigenvalue weighted by Crippen LogP contribution is -2.16. The zero-order valence-corrected chi connectivity index (χ0v) is 11.6. The van der Waals surface area contributed by atoms with Crippen molar-refractivity contribution >= 4 is 21.3 Å². The zero-order chi connectivity index (χ0) is 15.5. The molecule has 0 aliphatic heterocycles. The molecule has 0 spiro atoms. The zero-order valence-electron chi connectivity index (χ0n) is 10.8. The molecule has 2 rings (SSSR count). The van der Waals surface area contributed by atoms with E-state index >= 15 is 0 Å². The second kappa shape index (κ2) is 5.84. The Morgan fingerprint density at radius 1 is 1.05 bits per heavy atom. The number of non-ortho nitro benzene ring substituents is 1. The van der Waals surface area contributed by atoms with Crippen LogP contribution in [0, 0.1) is 10.1 Å². The second-order valence-corrected chi connectivity index (χ2v) is 6.29. The van der Waals surface area contributed by atoms with Crippen molar-refractivity contribution in [2.45, 2.75) is 4.90 Å². The van der Waals surface area contributed by atoms with Gasteiger partial charge in [0.25, 0.3) is 5.69 Å². The van der Waals surface area contributed by atoms with Crippen molar-refractivity contribution in [3.05, 3.63) is 70.3 Å². The van der Waals surface area contributed by atoms with Gasteiger partial charge in [0.2, 0.25) is 0 Å². The fraction of sp³-hybridized carbons (Fsp3) is 0.0714. The van der Waals surface area contributed by atoms with Crippen molar-refractivity contribution in [3.8, 4) is 0 Å². The van der Waals surface area contributed by atoms with Crippen molar-refractivity contribution in [2.24, 2.45) is 0 Å². The van der Waals surface area contributed by atoms with Gasteiger partial charge >= 0.3 is 0 Å². The topological polar surface area (TPSA) is 94.3 Å². The van der Waals surface area contributed by atoms with Crippen LogP contribution in [0.4, 0.5) is 5.69 Å². The highest BCUT2D eigenvalue weighted by atomic mass is 32.2. The molecule has 7 heteroatoms. The number of Topliss-reactive ketones (excluding diaryl/α,β-unsaturated/α-hetero) is 1. The first-order chi connectivity index (χ1) is 9.90. The summed E-state index contributed by atoms with van der Waals surface area (Å²) in [5.74, 6) is -1.28. The van der Waals surface area contributed by atoms with Crippen LogP contribution in [-0.4, -0.2) is 24.9 Å². The summed E-state index contributed by atoms with van der Waals surface area (Å²) in [5, 5.41) is 10.7. The molecule has 108 valence electrons. The van der Waals surface area contributed by atoms with Gasteiger partial charge in [-0.3, -0.25) is 14.9 Å². The fourth-order valence-electron chi connectivity index (χ4n) is 1.75. The molecule has 0 heterocycles. The number of nitro benzene ring substituents is 1. The number of carbonyl (C=O) groups excluding carboxylic acids is 1. The van der Waals surface area contributed by atoms with Gasteiger partial charge in [0.15, 0.2) is 15.6 Å². The van der Waals surface area contributed by atoms with Gasteiger partial charge in [-0.2, -0.15) is 0 Å². The largest absolute Gasteiger partial charge is 0.293 e. The molecule has 6 nitrogen and oxygen atoms in total. The molecule has 2 aromatic rings. The summed E-state index contributed by atoms with van der Waals surface area (Å²) in [6.07, 6.45) is 0. The summed E-state index contributed by atoms with van der Waals surface area (Å²) in [4.78, 5) is 21.7. The average molecular weight is 305 g/mol. The van der Waals surface area contributed by atoms with Gasteiger partial charge in [0, 0.05) is 17.7 Å². The normalized spacial score (nSPS) is 11.0. The highest BCUT2D eigenvalue weighted by Crippen LogP contribution is 2.19. The van der Waals surface area contributed by atoms with E-state index < -0.39 is 26.3 Å². The standard InChI is InChI=1S/C14H11NO5S/c16-14(11-5-2-1-3-6-11)10-21(19,20)13-8-4-7-12(9-13)15(17)18/h1-9H,10H2. The molecule has 0 amide bonds. The van der Waals surface area contributed by atoms with Crippen molar-refractivity contribution < 1.29 is 18.1 Å². The van der Waals surface area contributed by atoms with E-state index in [2.05, 4.69) is 0 Å². The maximum Gasteiger partial charge on any atom is 0.270 e. The van der Waals surface area contributed by atoms with Gasteiger partial charge in [-0.05, 0) is 6.07 Å². The summed E-state index contributed by atoms with van der Waals surface area (Å²) in [6.45, 7) is 0. The first-order valence-corrected chi connectivity index (χ1v) is 7.61. The quantitative estimate of drug-likeness (QED) is 0.479. The van der Waals surface area contributed by atoms with Gasteiger partial charge < -0.3 is 0 Å². The Morgan fingerprint density at radius 2 is 1.71 bits per heavy atom. The summed E-state index contributed by atoms with van der Waals surface area (Å²) >= 11 is 0. The van der Waals surface area contributed by atoms with Gasteiger partial charge in [0.1, 0.15) is 5.75 Å². The van der Waals surface area contributed by atoms with Crippen LogP contribution in [0.5, 0.6) is 0 Å². The van der Waals surface area contributed by atoms with E-state index in [1.165, 1.54) is 30.3 Å². The van der Waals surface area contributed by atoms with Crippen LogP contribution >= 0.6 is 0 Å². The Labute approximate surface area is 121 Å². The third-order valence-electron chi connectivity index (χ3n) is 2.80. The van der Waals surface area contributed by atoms with Gasteiger partial charge in [-0.15, -0.1) is 0 Å². The first kappa shape index (κ1) is 14.9. The average Bonchev–Trinajstić information content (AvgIpc) is 2.48. The molecular formula is C14H11NO5S. The van der Waals surface area contributed by atoms with Crippen molar-refractivity contribution in [1.29, 1.82) is 0 Å². The predicted molar refractivity (Wildman–Crippen MR) is 75.9 cm³/mol. The summed E-state index contributed by atoms with van der Waals surface area (Å²) < 4.78 is 24.3. The number of hydrogen-bond donors (Lipinski definition) is 0. The van der Waals surface area contributed by atoms with E-state index in [4.69, 9.17) is 0 Å². The van der Waals surface area contributed by atoms with Crippen LogP contribution in [0.25, 0.3) is 0 Å². The molecule has 0 N–H and O–H groups in total. The number of benzene rings is 2.